The summed E-state index contributed by atoms with van der Waals surface area (Å²) in [6, 6.07) is 9.83. The second kappa shape index (κ2) is 7.65. The molecule has 1 aromatic carbocycles. The third kappa shape index (κ3) is 3.86. The van der Waals surface area contributed by atoms with Gasteiger partial charge >= 0.3 is 5.97 Å². The number of hydrogen-bond acceptors (Lipinski definition) is 4. The molecule has 0 saturated heterocycles. The quantitative estimate of drug-likeness (QED) is 0.635. The highest BCUT2D eigenvalue weighted by Gasteiger charge is 2.38. The molecule has 1 saturated carbocycles. The second-order valence-corrected chi connectivity index (χ2v) is 6.81. The smallest absolute Gasteiger partial charge is 0.346 e. The number of carbonyl (C=O) groups is 2. The average molecular weight is 328 g/mol. The van der Waals surface area contributed by atoms with Crippen molar-refractivity contribution in [3.63, 3.8) is 0 Å². The van der Waals surface area contributed by atoms with Gasteiger partial charge in [-0.2, -0.15) is 0 Å². The first-order chi connectivity index (χ1) is 11.6. The Morgan fingerprint density at radius 3 is 2.54 bits per heavy atom. The van der Waals surface area contributed by atoms with Crippen LogP contribution in [0.2, 0.25) is 0 Å². The van der Waals surface area contributed by atoms with Crippen molar-refractivity contribution in [2.75, 3.05) is 0 Å². The first-order valence-electron chi connectivity index (χ1n) is 8.86. The second-order valence-electron chi connectivity index (χ2n) is 6.81. The average Bonchev–Trinajstić information content (AvgIpc) is 2.88. The number of cyclic esters (lactones) is 1. The number of aliphatic hydroxyl groups excluding tert-OH is 1. The van der Waals surface area contributed by atoms with E-state index < -0.39 is 12.1 Å². The van der Waals surface area contributed by atoms with Crippen LogP contribution in [-0.4, -0.2) is 23.0 Å². The van der Waals surface area contributed by atoms with Crippen molar-refractivity contribution < 1.29 is 19.4 Å². The van der Waals surface area contributed by atoms with Crippen molar-refractivity contribution in [3.05, 3.63) is 47.2 Å². The molecule has 4 heteroatoms. The van der Waals surface area contributed by atoms with Gasteiger partial charge < -0.3 is 9.84 Å². The van der Waals surface area contributed by atoms with Gasteiger partial charge in [0.15, 0.2) is 17.6 Å². The largest absolute Gasteiger partial charge is 0.507 e. The fourth-order valence-electron chi connectivity index (χ4n) is 3.66. The highest BCUT2D eigenvalue weighted by Crippen LogP contribution is 2.31. The summed E-state index contributed by atoms with van der Waals surface area (Å²) in [4.78, 5) is 24.5. The van der Waals surface area contributed by atoms with E-state index in [9.17, 15) is 14.7 Å². The van der Waals surface area contributed by atoms with E-state index in [4.69, 9.17) is 4.74 Å². The predicted octanol–water partition coefficient (Wildman–Crippen LogP) is 3.90. The van der Waals surface area contributed by atoms with E-state index in [0.29, 0.717) is 25.2 Å². The zero-order valence-electron chi connectivity index (χ0n) is 13.9. The molecular formula is C20H24O4. The summed E-state index contributed by atoms with van der Waals surface area (Å²) >= 11 is 0. The molecule has 0 aromatic heterocycles. The predicted molar refractivity (Wildman–Crippen MR) is 90.5 cm³/mol. The molecule has 0 spiro atoms. The Kier molecular flexibility index (Phi) is 5.34. The molecule has 2 aliphatic rings. The lowest BCUT2D eigenvalue weighted by Crippen LogP contribution is -2.17. The highest BCUT2D eigenvalue weighted by atomic mass is 16.6. The number of ketones is 1. The summed E-state index contributed by atoms with van der Waals surface area (Å²) in [5, 5.41) is 10.3. The van der Waals surface area contributed by atoms with Gasteiger partial charge in [-0.3, -0.25) is 4.79 Å². The van der Waals surface area contributed by atoms with Crippen LogP contribution in [0.3, 0.4) is 0 Å². The minimum atomic E-state index is -0.692. The van der Waals surface area contributed by atoms with Crippen molar-refractivity contribution in [2.45, 2.75) is 57.5 Å². The summed E-state index contributed by atoms with van der Waals surface area (Å²) in [7, 11) is 0. The maximum Gasteiger partial charge on any atom is 0.346 e. The van der Waals surface area contributed by atoms with Crippen molar-refractivity contribution in [1.29, 1.82) is 0 Å². The van der Waals surface area contributed by atoms with E-state index in [-0.39, 0.29) is 17.1 Å². The zero-order chi connectivity index (χ0) is 16.9. The molecule has 24 heavy (non-hydrogen) atoms. The Morgan fingerprint density at radius 1 is 1.12 bits per heavy atom. The van der Waals surface area contributed by atoms with Crippen LogP contribution in [0, 0.1) is 5.92 Å². The molecule has 0 bridgehead atoms. The molecule has 1 aliphatic carbocycles. The summed E-state index contributed by atoms with van der Waals surface area (Å²) in [5.74, 6) is -0.752. The molecule has 128 valence electrons. The van der Waals surface area contributed by atoms with E-state index in [0.717, 1.165) is 31.2 Å². The van der Waals surface area contributed by atoms with Crippen molar-refractivity contribution in [2.24, 2.45) is 5.92 Å². The van der Waals surface area contributed by atoms with Crippen LogP contribution < -0.4 is 0 Å². The van der Waals surface area contributed by atoms with Crippen LogP contribution in [0.5, 0.6) is 0 Å². The number of benzene rings is 1. The molecule has 1 atom stereocenters. The Labute approximate surface area is 142 Å². The molecule has 4 nitrogen and oxygen atoms in total. The van der Waals surface area contributed by atoms with Crippen LogP contribution in [-0.2, 0) is 20.7 Å². The molecule has 1 unspecified atom stereocenters. The number of rotatable bonds is 6. The molecule has 0 amide bonds. The fraction of sp³-hybridized carbons (Fsp3) is 0.500. The number of ether oxygens (including phenoxy) is 1. The highest BCUT2D eigenvalue weighted by molar-refractivity contribution is 6.19. The lowest BCUT2D eigenvalue weighted by atomic mass is 9.84. The first kappa shape index (κ1) is 16.7. The number of esters is 1. The molecule has 0 radical (unpaired) electrons. The van der Waals surface area contributed by atoms with Gasteiger partial charge in [0, 0.05) is 6.42 Å². The Morgan fingerprint density at radius 2 is 1.83 bits per heavy atom. The third-order valence-electron chi connectivity index (χ3n) is 5.03. The van der Waals surface area contributed by atoms with E-state index in [2.05, 4.69) is 0 Å². The molecule has 3 rings (SSSR count). The van der Waals surface area contributed by atoms with Gasteiger partial charge in [-0.05, 0) is 24.3 Å². The van der Waals surface area contributed by atoms with Gasteiger partial charge in [-0.1, -0.05) is 62.4 Å². The number of Topliss-reactive ketones (excluding diaryl/α,β-unsaturated/α-hetero) is 1. The molecule has 1 aromatic rings. The molecule has 1 fully saturated rings. The maximum atomic E-state index is 12.4. The van der Waals surface area contributed by atoms with Crippen molar-refractivity contribution >= 4 is 11.8 Å². The lowest BCUT2D eigenvalue weighted by molar-refractivity contribution is -0.141. The van der Waals surface area contributed by atoms with Crippen molar-refractivity contribution in [1.82, 2.24) is 0 Å². The number of aliphatic hydroxyl groups is 1. The molecule has 1 N–H and O–H groups in total. The van der Waals surface area contributed by atoms with E-state index in [1.807, 2.05) is 30.3 Å². The summed E-state index contributed by atoms with van der Waals surface area (Å²) in [6.45, 7) is 0. The third-order valence-corrected chi connectivity index (χ3v) is 5.03. The minimum absolute atomic E-state index is 0.112. The normalized spacial score (nSPS) is 21.8. The molecule has 1 aliphatic heterocycles. The minimum Gasteiger partial charge on any atom is -0.507 e. The zero-order valence-corrected chi connectivity index (χ0v) is 13.9. The summed E-state index contributed by atoms with van der Waals surface area (Å²) in [5.41, 5.74) is 1.00. The van der Waals surface area contributed by atoms with Gasteiger partial charge in [0.25, 0.3) is 0 Å². The van der Waals surface area contributed by atoms with Crippen LogP contribution in [0.25, 0.3) is 0 Å². The van der Waals surface area contributed by atoms with Gasteiger partial charge in [0.05, 0.1) is 0 Å². The van der Waals surface area contributed by atoms with Crippen LogP contribution in [0.15, 0.2) is 41.7 Å². The Hall–Kier alpha value is -2.10. The van der Waals surface area contributed by atoms with Crippen LogP contribution >= 0.6 is 0 Å². The van der Waals surface area contributed by atoms with Gasteiger partial charge in [0.2, 0.25) is 0 Å². The lowest BCUT2D eigenvalue weighted by Gasteiger charge is -2.20. The Bertz CT molecular complexity index is 626. The number of hydrogen-bond donors (Lipinski definition) is 1. The van der Waals surface area contributed by atoms with Crippen LogP contribution in [0.1, 0.15) is 50.5 Å². The van der Waals surface area contributed by atoms with E-state index in [1.54, 1.807) is 0 Å². The van der Waals surface area contributed by atoms with Gasteiger partial charge in [-0.25, -0.2) is 4.79 Å². The number of aryl methyl sites for hydroxylation is 1. The topological polar surface area (TPSA) is 63.6 Å². The van der Waals surface area contributed by atoms with E-state index >= 15 is 0 Å². The summed E-state index contributed by atoms with van der Waals surface area (Å²) in [6.07, 6.45) is 6.42. The van der Waals surface area contributed by atoms with Crippen LogP contribution in [0.4, 0.5) is 0 Å². The maximum absolute atomic E-state index is 12.4. The first-order valence-corrected chi connectivity index (χ1v) is 8.86. The molecular weight excluding hydrogens is 304 g/mol. The number of carbonyl (C=O) groups excluding carboxylic acids is 2. The van der Waals surface area contributed by atoms with Gasteiger partial charge in [0.1, 0.15) is 5.57 Å². The fourth-order valence-corrected chi connectivity index (χ4v) is 3.66. The standard InChI is InChI=1S/C20H24O4/c21-16(13-15-9-5-2-6-10-15)18-19(22)17(24-20(18)23)12-11-14-7-3-1-4-8-14/h1,3-4,7-8,15,17,22H,2,5-6,9-13H2. The molecule has 1 heterocycles. The SMILES string of the molecule is O=C(CC1CCCCC1)C1=C(O)C(CCc2ccccc2)OC1=O. The van der Waals surface area contributed by atoms with Crippen molar-refractivity contribution in [3.8, 4) is 0 Å². The Balaban J connectivity index is 1.62. The summed E-state index contributed by atoms with van der Waals surface area (Å²) < 4.78 is 5.23. The van der Waals surface area contributed by atoms with E-state index in [1.165, 1.54) is 6.42 Å². The monoisotopic (exact) mass is 328 g/mol. The van der Waals surface area contributed by atoms with Gasteiger partial charge in [-0.15, -0.1) is 0 Å².